The number of aromatic amines is 1. The van der Waals surface area contributed by atoms with Crippen molar-refractivity contribution in [1.82, 2.24) is 4.98 Å². The molecule has 0 fully saturated rings. The first-order chi connectivity index (χ1) is 7.15. The predicted molar refractivity (Wildman–Crippen MR) is 57.2 cm³/mol. The first-order valence-corrected chi connectivity index (χ1v) is 4.65. The molecule has 0 spiro atoms. The zero-order chi connectivity index (χ0) is 11.0. The lowest BCUT2D eigenvalue weighted by molar-refractivity contribution is 0.636. The summed E-state index contributed by atoms with van der Waals surface area (Å²) in [5, 5.41) is 0.704. The van der Waals surface area contributed by atoms with Crippen LogP contribution in [0.5, 0.6) is 0 Å². The Morgan fingerprint density at radius 1 is 1.47 bits per heavy atom. The molecular formula is C11H11FN2O. The van der Waals surface area contributed by atoms with Crippen molar-refractivity contribution in [1.29, 1.82) is 0 Å². The van der Waals surface area contributed by atoms with Gasteiger partial charge in [-0.05, 0) is 18.6 Å². The average Bonchev–Trinajstić information content (AvgIpc) is 2.20. The molecule has 0 atom stereocenters. The van der Waals surface area contributed by atoms with Crippen LogP contribution in [0, 0.1) is 12.7 Å². The van der Waals surface area contributed by atoms with Crippen LogP contribution in [0.4, 0.5) is 4.39 Å². The minimum Gasteiger partial charge on any atom is -0.326 e. The summed E-state index contributed by atoms with van der Waals surface area (Å²) in [7, 11) is 0. The molecule has 3 N–H and O–H groups in total. The normalized spacial score (nSPS) is 10.9. The summed E-state index contributed by atoms with van der Waals surface area (Å²) in [5.41, 5.74) is 6.66. The van der Waals surface area contributed by atoms with E-state index in [2.05, 4.69) is 4.98 Å². The van der Waals surface area contributed by atoms with Gasteiger partial charge in [0.15, 0.2) is 0 Å². The largest absolute Gasteiger partial charge is 0.326 e. The van der Waals surface area contributed by atoms with E-state index in [1.54, 1.807) is 19.1 Å². The van der Waals surface area contributed by atoms with Crippen molar-refractivity contribution < 1.29 is 4.39 Å². The molecule has 2 aromatic rings. The molecule has 0 aliphatic carbocycles. The standard InChI is InChI=1S/C11H11FN2O/c1-6-7-3-2-4-9(12)10(7)14-11(15)8(6)5-13/h2-4H,5,13H2,1H3,(H,14,15). The SMILES string of the molecule is Cc1c(CN)c(=O)[nH]c2c(F)cccc12. The predicted octanol–water partition coefficient (Wildman–Crippen LogP) is 1.43. The Morgan fingerprint density at radius 2 is 2.20 bits per heavy atom. The molecule has 15 heavy (non-hydrogen) atoms. The fraction of sp³-hybridized carbons (Fsp3) is 0.182. The average molecular weight is 206 g/mol. The molecule has 0 aliphatic heterocycles. The first kappa shape index (κ1) is 9.86. The highest BCUT2D eigenvalue weighted by molar-refractivity contribution is 5.83. The number of nitrogens with two attached hydrogens (primary N) is 1. The van der Waals surface area contributed by atoms with Crippen molar-refractivity contribution in [3.8, 4) is 0 Å². The minimum atomic E-state index is -0.420. The van der Waals surface area contributed by atoms with Crippen molar-refractivity contribution in [2.24, 2.45) is 5.73 Å². The lowest BCUT2D eigenvalue weighted by Gasteiger charge is -2.06. The lowest BCUT2D eigenvalue weighted by Crippen LogP contribution is -2.18. The van der Waals surface area contributed by atoms with E-state index in [-0.39, 0.29) is 17.6 Å². The fourth-order valence-corrected chi connectivity index (χ4v) is 1.73. The fourth-order valence-electron chi connectivity index (χ4n) is 1.73. The third-order valence-electron chi connectivity index (χ3n) is 2.59. The van der Waals surface area contributed by atoms with Gasteiger partial charge in [-0.3, -0.25) is 4.79 Å². The molecule has 0 aliphatic rings. The molecule has 0 saturated carbocycles. The van der Waals surface area contributed by atoms with Gasteiger partial charge in [-0.2, -0.15) is 0 Å². The first-order valence-electron chi connectivity index (χ1n) is 4.65. The van der Waals surface area contributed by atoms with E-state index in [1.165, 1.54) is 6.07 Å². The molecule has 0 unspecified atom stereocenters. The Labute approximate surface area is 85.7 Å². The quantitative estimate of drug-likeness (QED) is 0.741. The second kappa shape index (κ2) is 3.47. The van der Waals surface area contributed by atoms with Crippen LogP contribution in [0.3, 0.4) is 0 Å². The van der Waals surface area contributed by atoms with E-state index in [0.717, 1.165) is 5.56 Å². The Kier molecular flexibility index (Phi) is 2.28. The highest BCUT2D eigenvalue weighted by atomic mass is 19.1. The summed E-state index contributed by atoms with van der Waals surface area (Å²) < 4.78 is 13.4. The maximum absolute atomic E-state index is 13.4. The number of hydrogen-bond acceptors (Lipinski definition) is 2. The Balaban J connectivity index is 2.97. The van der Waals surface area contributed by atoms with Crippen LogP contribution in [-0.4, -0.2) is 4.98 Å². The Morgan fingerprint density at radius 3 is 2.87 bits per heavy atom. The summed E-state index contributed by atoms with van der Waals surface area (Å²) in [6.45, 7) is 1.94. The second-order valence-corrected chi connectivity index (χ2v) is 3.42. The Bertz CT molecular complexity index is 575. The van der Waals surface area contributed by atoms with E-state index in [9.17, 15) is 9.18 Å². The smallest absolute Gasteiger partial charge is 0.253 e. The van der Waals surface area contributed by atoms with Gasteiger partial charge in [0.05, 0.1) is 5.52 Å². The van der Waals surface area contributed by atoms with Crippen LogP contribution < -0.4 is 11.3 Å². The van der Waals surface area contributed by atoms with Crippen molar-refractivity contribution in [3.05, 3.63) is 45.5 Å². The maximum Gasteiger partial charge on any atom is 0.253 e. The molecule has 1 aromatic carbocycles. The molecule has 1 heterocycles. The zero-order valence-electron chi connectivity index (χ0n) is 8.30. The highest BCUT2D eigenvalue weighted by Gasteiger charge is 2.09. The second-order valence-electron chi connectivity index (χ2n) is 3.42. The van der Waals surface area contributed by atoms with E-state index in [0.29, 0.717) is 10.9 Å². The summed E-state index contributed by atoms with van der Waals surface area (Å²) in [6.07, 6.45) is 0. The molecule has 1 aromatic heterocycles. The molecule has 78 valence electrons. The van der Waals surface area contributed by atoms with E-state index in [1.807, 2.05) is 0 Å². The number of aryl methyl sites for hydroxylation is 1. The van der Waals surface area contributed by atoms with Crippen LogP contribution in [0.2, 0.25) is 0 Å². The van der Waals surface area contributed by atoms with Gasteiger partial charge >= 0.3 is 0 Å². The van der Waals surface area contributed by atoms with Crippen LogP contribution in [-0.2, 0) is 6.54 Å². The number of para-hydroxylation sites is 1. The molecule has 0 amide bonds. The van der Waals surface area contributed by atoms with Crippen LogP contribution in [0.15, 0.2) is 23.0 Å². The monoisotopic (exact) mass is 206 g/mol. The zero-order valence-corrected chi connectivity index (χ0v) is 8.30. The van der Waals surface area contributed by atoms with Gasteiger partial charge < -0.3 is 10.7 Å². The molecule has 2 rings (SSSR count). The molecule has 0 bridgehead atoms. The van der Waals surface area contributed by atoms with Gasteiger partial charge in [0.2, 0.25) is 0 Å². The Hall–Kier alpha value is -1.68. The summed E-state index contributed by atoms with van der Waals surface area (Å²) >= 11 is 0. The number of nitrogens with one attached hydrogen (secondary N) is 1. The van der Waals surface area contributed by atoms with Crippen LogP contribution in [0.1, 0.15) is 11.1 Å². The van der Waals surface area contributed by atoms with E-state index < -0.39 is 5.82 Å². The van der Waals surface area contributed by atoms with Gasteiger partial charge in [0, 0.05) is 17.5 Å². The van der Waals surface area contributed by atoms with Crippen molar-refractivity contribution in [2.45, 2.75) is 13.5 Å². The van der Waals surface area contributed by atoms with Gasteiger partial charge in [-0.15, -0.1) is 0 Å². The van der Waals surface area contributed by atoms with Gasteiger partial charge in [0.25, 0.3) is 5.56 Å². The van der Waals surface area contributed by atoms with Crippen LogP contribution >= 0.6 is 0 Å². The highest BCUT2D eigenvalue weighted by Crippen LogP contribution is 2.19. The molecular weight excluding hydrogens is 195 g/mol. The van der Waals surface area contributed by atoms with E-state index >= 15 is 0 Å². The number of hydrogen-bond donors (Lipinski definition) is 2. The topological polar surface area (TPSA) is 58.9 Å². The molecule has 0 saturated heterocycles. The van der Waals surface area contributed by atoms with Crippen LogP contribution in [0.25, 0.3) is 10.9 Å². The number of aromatic nitrogens is 1. The van der Waals surface area contributed by atoms with Crippen molar-refractivity contribution in [3.63, 3.8) is 0 Å². The third kappa shape index (κ3) is 1.43. The minimum absolute atomic E-state index is 0.160. The lowest BCUT2D eigenvalue weighted by atomic mass is 10.0. The molecule has 0 radical (unpaired) electrons. The van der Waals surface area contributed by atoms with Gasteiger partial charge in [0.1, 0.15) is 5.82 Å². The summed E-state index contributed by atoms with van der Waals surface area (Å²) in [4.78, 5) is 14.0. The number of rotatable bonds is 1. The number of halogens is 1. The third-order valence-corrected chi connectivity index (χ3v) is 2.59. The number of pyridine rings is 1. The summed E-state index contributed by atoms with van der Waals surface area (Å²) in [5.74, 6) is -0.420. The number of H-pyrrole nitrogens is 1. The van der Waals surface area contributed by atoms with Crippen molar-refractivity contribution >= 4 is 10.9 Å². The van der Waals surface area contributed by atoms with Crippen molar-refractivity contribution in [2.75, 3.05) is 0 Å². The molecule has 3 nitrogen and oxygen atoms in total. The number of fused-ring (bicyclic) bond motifs is 1. The maximum atomic E-state index is 13.4. The molecule has 4 heteroatoms. The van der Waals surface area contributed by atoms with Gasteiger partial charge in [-0.25, -0.2) is 4.39 Å². The van der Waals surface area contributed by atoms with E-state index in [4.69, 9.17) is 5.73 Å². The number of benzene rings is 1. The van der Waals surface area contributed by atoms with Gasteiger partial charge in [-0.1, -0.05) is 12.1 Å². The summed E-state index contributed by atoms with van der Waals surface area (Å²) in [6, 6.07) is 4.70.